The summed E-state index contributed by atoms with van der Waals surface area (Å²) in [5.74, 6) is 0.457. The van der Waals surface area contributed by atoms with Crippen LogP contribution in [0.4, 0.5) is 0 Å². The lowest BCUT2D eigenvalue weighted by molar-refractivity contribution is -0.143. The average Bonchev–Trinajstić information content (AvgIpc) is 3.15. The minimum atomic E-state index is -0.602. The van der Waals surface area contributed by atoms with Crippen molar-refractivity contribution in [2.45, 2.75) is 27.2 Å². The van der Waals surface area contributed by atoms with Gasteiger partial charge < -0.3 is 19.2 Å². The Kier molecular flexibility index (Phi) is 7.67. The highest BCUT2D eigenvalue weighted by Gasteiger charge is 2.06. The van der Waals surface area contributed by atoms with Crippen LogP contribution in [-0.4, -0.2) is 31.6 Å². The van der Waals surface area contributed by atoms with Crippen molar-refractivity contribution in [1.82, 2.24) is 5.32 Å². The summed E-state index contributed by atoms with van der Waals surface area (Å²) in [6.07, 6.45) is 4.85. The highest BCUT2D eigenvalue weighted by atomic mass is 16.5. The first kappa shape index (κ1) is 20.3. The van der Waals surface area contributed by atoms with Crippen molar-refractivity contribution < 1.29 is 23.5 Å². The molecule has 1 aromatic carbocycles. The van der Waals surface area contributed by atoms with Gasteiger partial charge in [-0.3, -0.25) is 4.79 Å². The molecule has 0 saturated heterocycles. The van der Waals surface area contributed by atoms with E-state index in [2.05, 4.69) is 18.3 Å². The monoisotopic (exact) mass is 371 g/mol. The van der Waals surface area contributed by atoms with E-state index in [1.807, 2.05) is 19.9 Å². The molecule has 0 fully saturated rings. The van der Waals surface area contributed by atoms with E-state index in [-0.39, 0.29) is 12.5 Å². The minimum Gasteiger partial charge on any atom is -0.493 e. The molecule has 1 aromatic heterocycles. The Balaban J connectivity index is 1.60. The van der Waals surface area contributed by atoms with Crippen LogP contribution in [-0.2, 0) is 14.3 Å². The van der Waals surface area contributed by atoms with E-state index in [0.29, 0.717) is 25.3 Å². The van der Waals surface area contributed by atoms with Crippen LogP contribution in [0.2, 0.25) is 0 Å². The maximum absolute atomic E-state index is 11.7. The molecule has 0 radical (unpaired) electrons. The van der Waals surface area contributed by atoms with Crippen LogP contribution < -0.4 is 10.1 Å². The highest BCUT2D eigenvalue weighted by Crippen LogP contribution is 2.23. The zero-order valence-corrected chi connectivity index (χ0v) is 15.9. The van der Waals surface area contributed by atoms with Crippen LogP contribution >= 0.6 is 0 Å². The van der Waals surface area contributed by atoms with E-state index < -0.39 is 5.97 Å². The Morgan fingerprint density at radius 2 is 2.04 bits per heavy atom. The molecular weight excluding hydrogens is 346 g/mol. The molecule has 0 aliphatic carbocycles. The largest absolute Gasteiger partial charge is 0.493 e. The number of ether oxygens (including phenoxy) is 2. The zero-order valence-electron chi connectivity index (χ0n) is 15.9. The van der Waals surface area contributed by atoms with E-state index in [0.717, 1.165) is 16.9 Å². The molecule has 0 unspecified atom stereocenters. The smallest absolute Gasteiger partial charge is 0.331 e. The maximum Gasteiger partial charge on any atom is 0.331 e. The van der Waals surface area contributed by atoms with Crippen molar-refractivity contribution >= 4 is 18.0 Å². The Labute approximate surface area is 159 Å². The van der Waals surface area contributed by atoms with Crippen LogP contribution in [0.5, 0.6) is 5.75 Å². The summed E-state index contributed by atoms with van der Waals surface area (Å²) in [5.41, 5.74) is 3.48. The first-order valence-corrected chi connectivity index (χ1v) is 8.81. The van der Waals surface area contributed by atoms with Gasteiger partial charge in [-0.05, 0) is 68.2 Å². The van der Waals surface area contributed by atoms with Crippen LogP contribution in [0.1, 0.15) is 28.9 Å². The summed E-state index contributed by atoms with van der Waals surface area (Å²) in [6, 6.07) is 7.55. The molecule has 144 valence electrons. The fourth-order valence-corrected chi connectivity index (χ4v) is 2.40. The van der Waals surface area contributed by atoms with Crippen LogP contribution in [0, 0.1) is 20.8 Å². The van der Waals surface area contributed by atoms with E-state index in [9.17, 15) is 9.59 Å². The molecule has 6 heteroatoms. The van der Waals surface area contributed by atoms with Crippen LogP contribution in [0.15, 0.2) is 41.0 Å². The van der Waals surface area contributed by atoms with E-state index in [4.69, 9.17) is 13.9 Å². The molecule has 1 amide bonds. The lowest BCUT2D eigenvalue weighted by Gasteiger charge is -2.12. The molecule has 1 N–H and O–H groups in total. The summed E-state index contributed by atoms with van der Waals surface area (Å²) >= 11 is 0. The van der Waals surface area contributed by atoms with Gasteiger partial charge in [-0.1, -0.05) is 6.07 Å². The summed E-state index contributed by atoms with van der Waals surface area (Å²) < 4.78 is 15.7. The molecule has 2 aromatic rings. The van der Waals surface area contributed by atoms with Crippen molar-refractivity contribution in [3.05, 3.63) is 59.1 Å². The maximum atomic E-state index is 11.7. The number of aryl methyl sites for hydroxylation is 2. The normalized spacial score (nSPS) is 10.8. The standard InChI is InChI=1S/C21H25NO5/c1-15-12-16(2)17(3)19(13-15)26-11-5-9-22-20(23)14-27-21(24)8-7-18-6-4-10-25-18/h4,6-8,10,12-13H,5,9,11,14H2,1-3H3,(H,22,23)/b8-7+. The fourth-order valence-electron chi connectivity index (χ4n) is 2.40. The molecule has 0 spiro atoms. The van der Waals surface area contributed by atoms with Gasteiger partial charge in [0.25, 0.3) is 5.91 Å². The zero-order chi connectivity index (χ0) is 19.6. The molecule has 0 bridgehead atoms. The number of esters is 1. The second-order valence-corrected chi connectivity index (χ2v) is 6.21. The number of carbonyl (C=O) groups excluding carboxylic acids is 2. The number of carbonyl (C=O) groups is 2. The van der Waals surface area contributed by atoms with Gasteiger partial charge in [0.1, 0.15) is 11.5 Å². The number of amides is 1. The quantitative estimate of drug-likeness (QED) is 0.415. The van der Waals surface area contributed by atoms with E-state index in [1.54, 1.807) is 12.1 Å². The van der Waals surface area contributed by atoms with Gasteiger partial charge in [0, 0.05) is 12.6 Å². The first-order valence-electron chi connectivity index (χ1n) is 8.81. The van der Waals surface area contributed by atoms with Gasteiger partial charge in [0.2, 0.25) is 0 Å². The Bertz CT molecular complexity index is 793. The third-order valence-electron chi connectivity index (χ3n) is 3.94. The summed E-state index contributed by atoms with van der Waals surface area (Å²) in [7, 11) is 0. The van der Waals surface area contributed by atoms with E-state index in [1.165, 1.54) is 24.0 Å². The Hall–Kier alpha value is -3.02. The van der Waals surface area contributed by atoms with Crippen molar-refractivity contribution in [3.63, 3.8) is 0 Å². The molecule has 2 rings (SSSR count). The fraction of sp³-hybridized carbons (Fsp3) is 0.333. The third-order valence-corrected chi connectivity index (χ3v) is 3.94. The number of hydrogen-bond acceptors (Lipinski definition) is 5. The Morgan fingerprint density at radius 3 is 2.78 bits per heavy atom. The molecule has 6 nitrogen and oxygen atoms in total. The molecule has 0 saturated carbocycles. The first-order chi connectivity index (χ1) is 13.0. The molecule has 0 aliphatic rings. The predicted octanol–water partition coefficient (Wildman–Crippen LogP) is 3.35. The number of furan rings is 1. The van der Waals surface area contributed by atoms with Crippen molar-refractivity contribution in [3.8, 4) is 5.75 Å². The van der Waals surface area contributed by atoms with Gasteiger partial charge in [0.15, 0.2) is 6.61 Å². The van der Waals surface area contributed by atoms with Gasteiger partial charge >= 0.3 is 5.97 Å². The number of nitrogens with one attached hydrogen (secondary N) is 1. The van der Waals surface area contributed by atoms with Crippen LogP contribution in [0.25, 0.3) is 6.08 Å². The van der Waals surface area contributed by atoms with Gasteiger partial charge in [-0.25, -0.2) is 4.79 Å². The van der Waals surface area contributed by atoms with Crippen LogP contribution in [0.3, 0.4) is 0 Å². The summed E-state index contributed by atoms with van der Waals surface area (Å²) in [5, 5.41) is 2.69. The van der Waals surface area contributed by atoms with Gasteiger partial charge in [0.05, 0.1) is 12.9 Å². The lowest BCUT2D eigenvalue weighted by Crippen LogP contribution is -2.30. The molecule has 0 aliphatic heterocycles. The average molecular weight is 371 g/mol. The summed E-state index contributed by atoms with van der Waals surface area (Å²) in [6.45, 7) is 6.74. The minimum absolute atomic E-state index is 0.321. The number of benzene rings is 1. The highest BCUT2D eigenvalue weighted by molar-refractivity contribution is 5.88. The topological polar surface area (TPSA) is 77.8 Å². The lowest BCUT2D eigenvalue weighted by atomic mass is 10.1. The van der Waals surface area contributed by atoms with Crippen molar-refractivity contribution in [1.29, 1.82) is 0 Å². The van der Waals surface area contributed by atoms with E-state index >= 15 is 0 Å². The second kappa shape index (κ2) is 10.2. The molecule has 27 heavy (non-hydrogen) atoms. The van der Waals surface area contributed by atoms with Crippen molar-refractivity contribution in [2.24, 2.45) is 0 Å². The van der Waals surface area contributed by atoms with Gasteiger partial charge in [-0.15, -0.1) is 0 Å². The SMILES string of the molecule is Cc1cc(C)c(C)c(OCCCNC(=O)COC(=O)/C=C/c2ccco2)c1. The predicted molar refractivity (Wildman–Crippen MR) is 102 cm³/mol. The van der Waals surface area contributed by atoms with Gasteiger partial charge in [-0.2, -0.15) is 0 Å². The number of rotatable bonds is 9. The molecule has 0 atom stereocenters. The molecular formula is C21H25NO5. The van der Waals surface area contributed by atoms with Crippen molar-refractivity contribution in [2.75, 3.05) is 19.8 Å². The second-order valence-electron chi connectivity index (χ2n) is 6.21. The third kappa shape index (κ3) is 7.01. The number of hydrogen-bond donors (Lipinski definition) is 1. The summed E-state index contributed by atoms with van der Waals surface area (Å²) in [4.78, 5) is 23.2. The molecule has 1 heterocycles. The Morgan fingerprint density at radius 1 is 1.22 bits per heavy atom.